The van der Waals surface area contributed by atoms with E-state index in [2.05, 4.69) is 15.1 Å². The second-order valence-corrected chi connectivity index (χ2v) is 7.21. The van der Waals surface area contributed by atoms with Crippen molar-refractivity contribution in [1.82, 2.24) is 19.7 Å². The van der Waals surface area contributed by atoms with Gasteiger partial charge in [0.15, 0.2) is 0 Å². The van der Waals surface area contributed by atoms with E-state index in [0.717, 1.165) is 40.6 Å². The van der Waals surface area contributed by atoms with E-state index in [1.165, 1.54) is 12.8 Å². The maximum atomic E-state index is 12.5. The molecule has 5 rings (SSSR count). The Morgan fingerprint density at radius 1 is 1.15 bits per heavy atom. The molecule has 2 aromatic heterocycles. The first-order chi connectivity index (χ1) is 13.2. The Morgan fingerprint density at radius 2 is 1.96 bits per heavy atom. The zero-order valence-electron chi connectivity index (χ0n) is 15.1. The van der Waals surface area contributed by atoms with Gasteiger partial charge in [-0.05, 0) is 49.6 Å². The summed E-state index contributed by atoms with van der Waals surface area (Å²) in [5.74, 6) is 1.02. The summed E-state index contributed by atoms with van der Waals surface area (Å²) < 4.78 is 7.37. The molecule has 0 saturated heterocycles. The van der Waals surface area contributed by atoms with Crippen LogP contribution >= 0.6 is 0 Å². The normalized spacial score (nSPS) is 15.0. The molecular formula is C21H20N4O2. The summed E-state index contributed by atoms with van der Waals surface area (Å²) in [7, 11) is 0. The number of hydrogen-bond donors (Lipinski definition) is 1. The molecule has 0 unspecified atom stereocenters. The Balaban J connectivity index is 1.55. The quantitative estimate of drug-likeness (QED) is 0.585. The number of imidazole rings is 1. The van der Waals surface area contributed by atoms with Gasteiger partial charge in [0.1, 0.15) is 0 Å². The van der Waals surface area contributed by atoms with Crippen LogP contribution in [-0.2, 0) is 0 Å². The van der Waals surface area contributed by atoms with E-state index in [1.807, 2.05) is 54.0 Å². The molecule has 4 aromatic rings. The lowest BCUT2D eigenvalue weighted by Gasteiger charge is -2.11. The SMILES string of the molecule is Cc1ccccc1-c1nc(-c2ccc3c(c2)[nH]c(=O)n3C2CCCC2)no1. The third-order valence-electron chi connectivity index (χ3n) is 5.47. The van der Waals surface area contributed by atoms with Gasteiger partial charge in [0.25, 0.3) is 5.89 Å². The van der Waals surface area contributed by atoms with Crippen molar-refractivity contribution < 1.29 is 4.52 Å². The van der Waals surface area contributed by atoms with Crippen molar-refractivity contribution in [2.24, 2.45) is 0 Å². The van der Waals surface area contributed by atoms with Gasteiger partial charge >= 0.3 is 5.69 Å². The van der Waals surface area contributed by atoms with Crippen molar-refractivity contribution in [3.63, 3.8) is 0 Å². The number of fused-ring (bicyclic) bond motifs is 1. The smallest absolute Gasteiger partial charge is 0.326 e. The average Bonchev–Trinajstić information content (AvgIpc) is 3.40. The van der Waals surface area contributed by atoms with Crippen LogP contribution in [0, 0.1) is 6.92 Å². The van der Waals surface area contributed by atoms with E-state index in [-0.39, 0.29) is 5.69 Å². The van der Waals surface area contributed by atoms with Crippen molar-refractivity contribution in [2.45, 2.75) is 38.6 Å². The third-order valence-corrected chi connectivity index (χ3v) is 5.47. The van der Waals surface area contributed by atoms with Gasteiger partial charge in [-0.15, -0.1) is 0 Å². The van der Waals surface area contributed by atoms with Crippen LogP contribution in [0.25, 0.3) is 33.9 Å². The lowest BCUT2D eigenvalue weighted by atomic mass is 10.1. The first kappa shape index (κ1) is 16.1. The van der Waals surface area contributed by atoms with E-state index >= 15 is 0 Å². The van der Waals surface area contributed by atoms with Crippen molar-refractivity contribution in [3.8, 4) is 22.8 Å². The van der Waals surface area contributed by atoms with Crippen LogP contribution in [0.3, 0.4) is 0 Å². The van der Waals surface area contributed by atoms with Gasteiger partial charge in [-0.2, -0.15) is 4.98 Å². The maximum absolute atomic E-state index is 12.5. The Bertz CT molecular complexity index is 1180. The van der Waals surface area contributed by atoms with E-state index in [4.69, 9.17) is 4.52 Å². The highest BCUT2D eigenvalue weighted by Crippen LogP contribution is 2.32. The highest BCUT2D eigenvalue weighted by molar-refractivity contribution is 5.81. The molecule has 1 N–H and O–H groups in total. The number of H-pyrrole nitrogens is 1. The Morgan fingerprint density at radius 3 is 2.78 bits per heavy atom. The zero-order valence-corrected chi connectivity index (χ0v) is 15.1. The standard InChI is InChI=1S/C21H20N4O2/c1-13-6-2-5-9-16(13)20-23-19(24-27-20)14-10-11-18-17(12-14)22-21(26)25(18)15-7-3-4-8-15/h2,5-6,9-12,15H,3-4,7-8H2,1H3,(H,22,26). The van der Waals surface area contributed by atoms with E-state index < -0.39 is 0 Å². The number of nitrogens with one attached hydrogen (secondary N) is 1. The highest BCUT2D eigenvalue weighted by Gasteiger charge is 2.21. The van der Waals surface area contributed by atoms with Crippen LogP contribution in [0.15, 0.2) is 51.8 Å². The van der Waals surface area contributed by atoms with Gasteiger partial charge < -0.3 is 9.51 Å². The maximum Gasteiger partial charge on any atom is 0.326 e. The summed E-state index contributed by atoms with van der Waals surface area (Å²) in [5, 5.41) is 4.13. The lowest BCUT2D eigenvalue weighted by molar-refractivity contribution is 0.432. The molecule has 136 valence electrons. The second-order valence-electron chi connectivity index (χ2n) is 7.21. The Labute approximate surface area is 155 Å². The molecule has 1 saturated carbocycles. The molecule has 6 heteroatoms. The van der Waals surface area contributed by atoms with Gasteiger partial charge in [0, 0.05) is 17.2 Å². The van der Waals surface area contributed by atoms with Gasteiger partial charge in [-0.25, -0.2) is 4.79 Å². The van der Waals surface area contributed by atoms with Crippen LogP contribution in [-0.4, -0.2) is 19.7 Å². The summed E-state index contributed by atoms with van der Waals surface area (Å²) in [6, 6.07) is 14.1. The molecular weight excluding hydrogens is 340 g/mol. The number of aromatic amines is 1. The van der Waals surface area contributed by atoms with Gasteiger partial charge in [-0.1, -0.05) is 36.2 Å². The van der Waals surface area contributed by atoms with Crippen LogP contribution in [0.4, 0.5) is 0 Å². The predicted molar refractivity (Wildman–Crippen MR) is 104 cm³/mol. The van der Waals surface area contributed by atoms with E-state index in [9.17, 15) is 4.79 Å². The largest absolute Gasteiger partial charge is 0.334 e. The first-order valence-corrected chi connectivity index (χ1v) is 9.35. The molecule has 2 aromatic carbocycles. The fraction of sp³-hybridized carbons (Fsp3) is 0.286. The molecule has 1 fully saturated rings. The number of aromatic nitrogens is 4. The van der Waals surface area contributed by atoms with Crippen LogP contribution in [0.5, 0.6) is 0 Å². The highest BCUT2D eigenvalue weighted by atomic mass is 16.5. The van der Waals surface area contributed by atoms with Crippen molar-refractivity contribution in [1.29, 1.82) is 0 Å². The minimum atomic E-state index is -0.0391. The minimum absolute atomic E-state index is 0.0391. The summed E-state index contributed by atoms with van der Waals surface area (Å²) in [6.07, 6.45) is 4.51. The summed E-state index contributed by atoms with van der Waals surface area (Å²) in [4.78, 5) is 20.0. The molecule has 0 aliphatic heterocycles. The number of benzene rings is 2. The molecule has 27 heavy (non-hydrogen) atoms. The molecule has 0 atom stereocenters. The third kappa shape index (κ3) is 2.68. The van der Waals surface area contributed by atoms with Crippen molar-refractivity contribution in [3.05, 3.63) is 58.5 Å². The van der Waals surface area contributed by atoms with Crippen LogP contribution in [0.2, 0.25) is 0 Å². The fourth-order valence-electron chi connectivity index (χ4n) is 4.06. The molecule has 1 aliphatic rings. The van der Waals surface area contributed by atoms with Crippen LogP contribution in [0.1, 0.15) is 37.3 Å². The number of rotatable bonds is 3. The van der Waals surface area contributed by atoms with Crippen molar-refractivity contribution >= 4 is 11.0 Å². The topological polar surface area (TPSA) is 76.7 Å². The lowest BCUT2D eigenvalue weighted by Crippen LogP contribution is -2.20. The minimum Gasteiger partial charge on any atom is -0.334 e. The molecule has 1 aliphatic carbocycles. The first-order valence-electron chi connectivity index (χ1n) is 9.35. The van der Waals surface area contributed by atoms with E-state index in [0.29, 0.717) is 17.8 Å². The molecule has 6 nitrogen and oxygen atoms in total. The van der Waals surface area contributed by atoms with Gasteiger partial charge in [-0.3, -0.25) is 4.57 Å². The number of nitrogens with zero attached hydrogens (tertiary/aromatic N) is 3. The molecule has 0 radical (unpaired) electrons. The van der Waals surface area contributed by atoms with E-state index in [1.54, 1.807) is 0 Å². The fourth-order valence-corrected chi connectivity index (χ4v) is 4.06. The summed E-state index contributed by atoms with van der Waals surface area (Å²) >= 11 is 0. The number of hydrogen-bond acceptors (Lipinski definition) is 4. The molecule has 0 spiro atoms. The summed E-state index contributed by atoms with van der Waals surface area (Å²) in [6.45, 7) is 2.02. The zero-order chi connectivity index (χ0) is 18.4. The average molecular weight is 360 g/mol. The van der Waals surface area contributed by atoms with Gasteiger partial charge in [0.2, 0.25) is 5.82 Å². The number of aryl methyl sites for hydroxylation is 1. The predicted octanol–water partition coefficient (Wildman–Crippen LogP) is 4.47. The Hall–Kier alpha value is -3.15. The van der Waals surface area contributed by atoms with Gasteiger partial charge in [0.05, 0.1) is 11.0 Å². The van der Waals surface area contributed by atoms with Crippen LogP contribution < -0.4 is 5.69 Å². The molecule has 2 heterocycles. The monoisotopic (exact) mass is 360 g/mol. The molecule has 0 bridgehead atoms. The second kappa shape index (κ2) is 6.23. The Kier molecular flexibility index (Phi) is 3.70. The van der Waals surface area contributed by atoms with Crippen molar-refractivity contribution in [2.75, 3.05) is 0 Å². The summed E-state index contributed by atoms with van der Waals surface area (Å²) in [5.41, 5.74) is 4.55. The molecule has 0 amide bonds.